The van der Waals surface area contributed by atoms with Crippen molar-refractivity contribution in [1.82, 2.24) is 5.32 Å². The summed E-state index contributed by atoms with van der Waals surface area (Å²) in [4.78, 5) is 11.4. The number of nitrogens with one attached hydrogen (secondary N) is 3. The molecular formula is C14H18FN3O. The van der Waals surface area contributed by atoms with E-state index in [9.17, 15) is 9.18 Å². The molecule has 1 amide bonds. The number of piperidine rings is 1. The molecule has 0 spiro atoms. The molecule has 1 atom stereocenters. The summed E-state index contributed by atoms with van der Waals surface area (Å²) in [5.41, 5.74) is 2.10. The third-order valence-corrected chi connectivity index (χ3v) is 3.74. The number of halogens is 1. The van der Waals surface area contributed by atoms with Crippen LogP contribution in [0.5, 0.6) is 0 Å². The first-order valence-corrected chi connectivity index (χ1v) is 6.82. The first-order valence-electron chi connectivity index (χ1n) is 6.82. The molecule has 1 aromatic rings. The van der Waals surface area contributed by atoms with E-state index in [2.05, 4.69) is 16.0 Å². The molecule has 3 rings (SSSR count). The Morgan fingerprint density at radius 2 is 2.21 bits per heavy atom. The minimum absolute atomic E-state index is 0.00407. The highest BCUT2D eigenvalue weighted by atomic mass is 19.1. The average molecular weight is 263 g/mol. The van der Waals surface area contributed by atoms with Crippen LogP contribution in [0.15, 0.2) is 12.1 Å². The Kier molecular flexibility index (Phi) is 3.38. The van der Waals surface area contributed by atoms with Crippen molar-refractivity contribution in [2.45, 2.75) is 31.7 Å². The van der Waals surface area contributed by atoms with Crippen molar-refractivity contribution in [3.63, 3.8) is 0 Å². The fourth-order valence-corrected chi connectivity index (χ4v) is 2.70. The minimum atomic E-state index is -0.236. The third kappa shape index (κ3) is 2.71. The van der Waals surface area contributed by atoms with Crippen molar-refractivity contribution in [3.8, 4) is 0 Å². The molecule has 102 valence electrons. The third-order valence-electron chi connectivity index (χ3n) is 3.74. The highest BCUT2D eigenvalue weighted by Gasteiger charge is 2.19. The number of benzene rings is 1. The van der Waals surface area contributed by atoms with E-state index >= 15 is 0 Å². The zero-order chi connectivity index (χ0) is 13.2. The van der Waals surface area contributed by atoms with E-state index in [0.717, 1.165) is 37.2 Å². The summed E-state index contributed by atoms with van der Waals surface area (Å²) in [6, 6.07) is 3.50. The largest absolute Gasteiger partial charge is 0.379 e. The van der Waals surface area contributed by atoms with Crippen LogP contribution in [0.25, 0.3) is 0 Å². The van der Waals surface area contributed by atoms with Crippen LogP contribution in [0.4, 0.5) is 15.8 Å². The Bertz CT molecular complexity index is 498. The van der Waals surface area contributed by atoms with Crippen LogP contribution in [0.3, 0.4) is 0 Å². The van der Waals surface area contributed by atoms with Gasteiger partial charge in [0.05, 0.1) is 5.69 Å². The lowest BCUT2D eigenvalue weighted by Gasteiger charge is -2.26. The van der Waals surface area contributed by atoms with Gasteiger partial charge in [-0.25, -0.2) is 4.39 Å². The van der Waals surface area contributed by atoms with Gasteiger partial charge in [-0.05, 0) is 43.5 Å². The lowest BCUT2D eigenvalue weighted by Crippen LogP contribution is -2.38. The maximum absolute atomic E-state index is 14.0. The summed E-state index contributed by atoms with van der Waals surface area (Å²) in [6.07, 6.45) is 3.19. The molecule has 1 unspecified atom stereocenters. The zero-order valence-corrected chi connectivity index (χ0v) is 10.8. The highest BCUT2D eigenvalue weighted by Crippen LogP contribution is 2.29. The molecule has 1 saturated heterocycles. The Balaban J connectivity index is 1.80. The van der Waals surface area contributed by atoms with Crippen molar-refractivity contribution in [2.24, 2.45) is 0 Å². The van der Waals surface area contributed by atoms with Crippen molar-refractivity contribution in [2.75, 3.05) is 23.7 Å². The second-order valence-corrected chi connectivity index (χ2v) is 5.22. The van der Waals surface area contributed by atoms with E-state index in [4.69, 9.17) is 0 Å². The summed E-state index contributed by atoms with van der Waals surface area (Å²) >= 11 is 0. The Morgan fingerprint density at radius 3 is 3.00 bits per heavy atom. The van der Waals surface area contributed by atoms with Gasteiger partial charge in [0, 0.05) is 24.7 Å². The molecule has 0 bridgehead atoms. The first-order chi connectivity index (χ1) is 9.22. The minimum Gasteiger partial charge on any atom is -0.379 e. The molecule has 2 heterocycles. The zero-order valence-electron chi connectivity index (χ0n) is 10.8. The van der Waals surface area contributed by atoms with Gasteiger partial charge in [-0.15, -0.1) is 0 Å². The molecule has 4 nitrogen and oxygen atoms in total. The normalized spacial score (nSPS) is 22.6. The van der Waals surface area contributed by atoms with Crippen LogP contribution in [0.1, 0.15) is 24.8 Å². The molecule has 2 aliphatic heterocycles. The Hall–Kier alpha value is -1.62. The number of fused-ring (bicyclic) bond motifs is 1. The first kappa shape index (κ1) is 12.4. The fraction of sp³-hybridized carbons (Fsp3) is 0.500. The number of rotatable bonds is 2. The number of hydrogen-bond donors (Lipinski definition) is 3. The van der Waals surface area contributed by atoms with Crippen LogP contribution in [-0.2, 0) is 11.2 Å². The number of anilines is 2. The van der Waals surface area contributed by atoms with Gasteiger partial charge >= 0.3 is 0 Å². The molecule has 0 aliphatic carbocycles. The highest BCUT2D eigenvalue weighted by molar-refractivity contribution is 5.94. The molecule has 3 N–H and O–H groups in total. The summed E-state index contributed by atoms with van der Waals surface area (Å²) in [5, 5.41) is 9.32. The van der Waals surface area contributed by atoms with Gasteiger partial charge in [0.2, 0.25) is 5.91 Å². The SMILES string of the molecule is O=C1CCc2cc(F)c(NC3CCCNC3)cc2N1. The number of aryl methyl sites for hydroxylation is 1. The van der Waals surface area contributed by atoms with Gasteiger partial charge in [-0.1, -0.05) is 0 Å². The quantitative estimate of drug-likeness (QED) is 0.763. The van der Waals surface area contributed by atoms with Crippen LogP contribution in [0.2, 0.25) is 0 Å². The van der Waals surface area contributed by atoms with E-state index in [1.165, 1.54) is 6.07 Å². The van der Waals surface area contributed by atoms with Gasteiger partial charge < -0.3 is 16.0 Å². The van der Waals surface area contributed by atoms with E-state index in [1.807, 2.05) is 0 Å². The molecule has 0 radical (unpaired) electrons. The Labute approximate surface area is 111 Å². The summed E-state index contributed by atoms with van der Waals surface area (Å²) in [7, 11) is 0. The second-order valence-electron chi connectivity index (χ2n) is 5.22. The van der Waals surface area contributed by atoms with E-state index in [1.54, 1.807) is 6.07 Å². The lowest BCUT2D eigenvalue weighted by atomic mass is 10.0. The molecule has 0 saturated carbocycles. The standard InChI is InChI=1S/C14H18FN3O/c15-11-6-9-3-4-14(19)18-12(9)7-13(11)17-10-2-1-5-16-8-10/h6-7,10,16-17H,1-5,8H2,(H,18,19). The predicted molar refractivity (Wildman–Crippen MR) is 72.9 cm³/mol. The average Bonchev–Trinajstić information content (AvgIpc) is 2.41. The van der Waals surface area contributed by atoms with Gasteiger partial charge in [0.15, 0.2) is 0 Å². The molecular weight excluding hydrogens is 245 g/mol. The molecule has 1 aromatic carbocycles. The summed E-state index contributed by atoms with van der Waals surface area (Å²) < 4.78 is 14.0. The van der Waals surface area contributed by atoms with Crippen LogP contribution in [-0.4, -0.2) is 25.0 Å². The monoisotopic (exact) mass is 263 g/mol. The Morgan fingerprint density at radius 1 is 1.32 bits per heavy atom. The molecule has 5 heteroatoms. The summed E-state index contributed by atoms with van der Waals surface area (Å²) in [6.45, 7) is 1.88. The van der Waals surface area contributed by atoms with Crippen molar-refractivity contribution in [3.05, 3.63) is 23.5 Å². The fourth-order valence-electron chi connectivity index (χ4n) is 2.70. The molecule has 0 aromatic heterocycles. The van der Waals surface area contributed by atoms with Gasteiger partial charge in [-0.2, -0.15) is 0 Å². The predicted octanol–water partition coefficient (Wildman–Crippen LogP) is 1.87. The number of carbonyl (C=O) groups is 1. The molecule has 2 aliphatic rings. The van der Waals surface area contributed by atoms with Crippen molar-refractivity contribution < 1.29 is 9.18 Å². The topological polar surface area (TPSA) is 53.2 Å². The van der Waals surface area contributed by atoms with E-state index < -0.39 is 0 Å². The van der Waals surface area contributed by atoms with Crippen LogP contribution in [0, 0.1) is 5.82 Å². The smallest absolute Gasteiger partial charge is 0.224 e. The number of carbonyl (C=O) groups excluding carboxylic acids is 1. The molecule has 1 fully saturated rings. The lowest BCUT2D eigenvalue weighted by molar-refractivity contribution is -0.116. The summed E-state index contributed by atoms with van der Waals surface area (Å²) in [5.74, 6) is -0.232. The van der Waals surface area contributed by atoms with Crippen molar-refractivity contribution >= 4 is 17.3 Å². The second kappa shape index (κ2) is 5.17. The van der Waals surface area contributed by atoms with Crippen LogP contribution >= 0.6 is 0 Å². The van der Waals surface area contributed by atoms with Crippen LogP contribution < -0.4 is 16.0 Å². The number of hydrogen-bond acceptors (Lipinski definition) is 3. The van der Waals surface area contributed by atoms with E-state index in [-0.39, 0.29) is 17.8 Å². The maximum Gasteiger partial charge on any atom is 0.224 e. The van der Waals surface area contributed by atoms with Gasteiger partial charge in [0.1, 0.15) is 5.82 Å². The maximum atomic E-state index is 14.0. The van der Waals surface area contributed by atoms with E-state index in [0.29, 0.717) is 18.5 Å². The molecule has 19 heavy (non-hydrogen) atoms. The number of amides is 1. The van der Waals surface area contributed by atoms with Gasteiger partial charge in [-0.3, -0.25) is 4.79 Å². The van der Waals surface area contributed by atoms with Gasteiger partial charge in [0.25, 0.3) is 0 Å². The van der Waals surface area contributed by atoms with Crippen molar-refractivity contribution in [1.29, 1.82) is 0 Å².